The Hall–Kier alpha value is -3.35. The number of amides is 1. The van der Waals surface area contributed by atoms with E-state index in [1.165, 1.54) is 12.1 Å². The van der Waals surface area contributed by atoms with Crippen LogP contribution >= 0.6 is 11.6 Å². The first-order valence-electron chi connectivity index (χ1n) is 12.3. The number of sulfonamides is 1. The molecule has 3 aromatic carbocycles. The number of nitrogens with one attached hydrogen (secondary N) is 2. The maximum atomic E-state index is 12.9. The fourth-order valence-electron chi connectivity index (χ4n) is 4.34. The Kier molecular flexibility index (Phi) is 7.90. The minimum atomic E-state index is -3.99. The molecule has 1 aromatic heterocycles. The summed E-state index contributed by atoms with van der Waals surface area (Å²) in [4.78, 5) is 16.3. The number of fused-ring (bicyclic) bond motifs is 1. The van der Waals surface area contributed by atoms with Gasteiger partial charge < -0.3 is 4.98 Å². The second-order valence-corrected chi connectivity index (χ2v) is 11.5. The van der Waals surface area contributed by atoms with Crippen molar-refractivity contribution in [3.8, 4) is 0 Å². The van der Waals surface area contributed by atoms with Gasteiger partial charge in [0.25, 0.3) is 15.9 Å². The second-order valence-electron chi connectivity index (χ2n) is 9.43. The van der Waals surface area contributed by atoms with Gasteiger partial charge in [-0.3, -0.25) is 4.79 Å². The smallest absolute Gasteiger partial charge is 0.265 e. The van der Waals surface area contributed by atoms with E-state index >= 15 is 0 Å². The summed E-state index contributed by atoms with van der Waals surface area (Å²) < 4.78 is 27.6. The van der Waals surface area contributed by atoms with Crippen LogP contribution in [-0.4, -0.2) is 19.3 Å². The predicted molar refractivity (Wildman–Crippen MR) is 152 cm³/mol. The van der Waals surface area contributed by atoms with E-state index in [0.717, 1.165) is 63.7 Å². The Labute approximate surface area is 223 Å². The molecule has 7 heteroatoms. The molecule has 0 spiro atoms. The van der Waals surface area contributed by atoms with Crippen LogP contribution in [0.3, 0.4) is 0 Å². The molecule has 0 radical (unpaired) electrons. The molecular weight excluding hydrogens is 504 g/mol. The van der Waals surface area contributed by atoms with E-state index in [-0.39, 0.29) is 10.5 Å². The van der Waals surface area contributed by atoms with Crippen LogP contribution in [0.1, 0.15) is 64.5 Å². The van der Waals surface area contributed by atoms with Crippen LogP contribution < -0.4 is 4.72 Å². The summed E-state index contributed by atoms with van der Waals surface area (Å²) in [6, 6.07) is 17.5. The van der Waals surface area contributed by atoms with Gasteiger partial charge in [0, 0.05) is 33.6 Å². The van der Waals surface area contributed by atoms with Crippen LogP contribution in [0.2, 0.25) is 5.02 Å². The van der Waals surface area contributed by atoms with E-state index in [1.54, 1.807) is 30.3 Å². The number of aromatic amines is 1. The molecule has 4 aromatic rings. The third-order valence-electron chi connectivity index (χ3n) is 6.60. The molecule has 0 saturated heterocycles. The van der Waals surface area contributed by atoms with Crippen molar-refractivity contribution in [2.75, 3.05) is 0 Å². The highest BCUT2D eigenvalue weighted by atomic mass is 35.5. The van der Waals surface area contributed by atoms with Crippen molar-refractivity contribution in [2.24, 2.45) is 0 Å². The SMILES string of the molecule is C=C(CCCC)c1ccc(Cc2c(C)[nH]c3ccc(C(=O)NS(=O)(=O)c4ccc(C)cc4)cc23)c(Cl)c1. The molecule has 0 aliphatic carbocycles. The summed E-state index contributed by atoms with van der Waals surface area (Å²) in [5.74, 6) is -0.680. The number of aryl methyl sites for hydroxylation is 2. The third-order valence-corrected chi connectivity index (χ3v) is 8.30. The van der Waals surface area contributed by atoms with E-state index in [4.69, 9.17) is 11.6 Å². The summed E-state index contributed by atoms with van der Waals surface area (Å²) in [6.07, 6.45) is 3.72. The Bertz CT molecular complexity index is 1590. The molecule has 192 valence electrons. The first-order chi connectivity index (χ1) is 17.6. The highest BCUT2D eigenvalue weighted by Crippen LogP contribution is 2.30. The van der Waals surface area contributed by atoms with Gasteiger partial charge in [-0.25, -0.2) is 13.1 Å². The van der Waals surface area contributed by atoms with Gasteiger partial charge in [0.1, 0.15) is 0 Å². The lowest BCUT2D eigenvalue weighted by Crippen LogP contribution is -2.30. The van der Waals surface area contributed by atoms with Gasteiger partial charge in [0.15, 0.2) is 0 Å². The van der Waals surface area contributed by atoms with Crippen molar-refractivity contribution in [1.82, 2.24) is 9.71 Å². The van der Waals surface area contributed by atoms with E-state index in [9.17, 15) is 13.2 Å². The Morgan fingerprint density at radius 2 is 1.70 bits per heavy atom. The molecule has 0 saturated carbocycles. The zero-order valence-corrected chi connectivity index (χ0v) is 22.9. The van der Waals surface area contributed by atoms with Gasteiger partial charge >= 0.3 is 0 Å². The standard InChI is InChI=1S/C30H31ClN2O3S/c1-5-6-7-20(3)22-10-11-23(28(31)18-22)16-26-21(4)32-29-15-12-24(17-27(26)29)30(34)33-37(35,36)25-13-8-19(2)9-14-25/h8-15,17-18,32H,3,5-7,16H2,1-2,4H3,(H,33,34). The van der Waals surface area contributed by atoms with E-state index in [0.29, 0.717) is 11.4 Å². The molecule has 2 N–H and O–H groups in total. The summed E-state index contributed by atoms with van der Waals surface area (Å²) in [5.41, 5.74) is 7.12. The van der Waals surface area contributed by atoms with Crippen LogP contribution in [0.4, 0.5) is 0 Å². The first kappa shape index (κ1) is 26.7. The largest absolute Gasteiger partial charge is 0.358 e. The number of rotatable bonds is 9. The fraction of sp³-hybridized carbons (Fsp3) is 0.233. The zero-order chi connectivity index (χ0) is 26.7. The highest BCUT2D eigenvalue weighted by molar-refractivity contribution is 7.90. The summed E-state index contributed by atoms with van der Waals surface area (Å²) in [5, 5.41) is 1.52. The number of halogens is 1. The second kappa shape index (κ2) is 11.0. The molecular formula is C30H31ClN2O3S. The zero-order valence-electron chi connectivity index (χ0n) is 21.3. The van der Waals surface area contributed by atoms with Gasteiger partial charge in [-0.1, -0.05) is 61.4 Å². The maximum absolute atomic E-state index is 12.9. The average molecular weight is 535 g/mol. The highest BCUT2D eigenvalue weighted by Gasteiger charge is 2.20. The normalized spacial score (nSPS) is 11.6. The molecule has 0 unspecified atom stereocenters. The number of carbonyl (C=O) groups excluding carboxylic acids is 1. The first-order valence-corrected chi connectivity index (χ1v) is 14.2. The number of benzene rings is 3. The molecule has 0 atom stereocenters. The lowest BCUT2D eigenvalue weighted by atomic mass is 9.97. The molecule has 37 heavy (non-hydrogen) atoms. The Balaban J connectivity index is 1.60. The lowest BCUT2D eigenvalue weighted by Gasteiger charge is -2.10. The number of carbonyl (C=O) groups is 1. The van der Waals surface area contributed by atoms with Crippen molar-refractivity contribution in [2.45, 2.75) is 51.3 Å². The van der Waals surface area contributed by atoms with Crippen molar-refractivity contribution < 1.29 is 13.2 Å². The van der Waals surface area contributed by atoms with Crippen molar-refractivity contribution in [3.63, 3.8) is 0 Å². The van der Waals surface area contributed by atoms with E-state index in [2.05, 4.69) is 29.3 Å². The minimum absolute atomic E-state index is 0.0428. The number of unbranched alkanes of at least 4 members (excludes halogenated alkanes) is 1. The van der Waals surface area contributed by atoms with Crippen LogP contribution in [0, 0.1) is 13.8 Å². The Morgan fingerprint density at radius 3 is 2.38 bits per heavy atom. The number of H-pyrrole nitrogens is 1. The van der Waals surface area contributed by atoms with Crippen molar-refractivity contribution in [1.29, 1.82) is 0 Å². The molecule has 1 heterocycles. The van der Waals surface area contributed by atoms with Gasteiger partial charge in [-0.15, -0.1) is 0 Å². The quantitative estimate of drug-likeness (QED) is 0.235. The van der Waals surface area contributed by atoms with Gasteiger partial charge in [-0.2, -0.15) is 0 Å². The van der Waals surface area contributed by atoms with E-state index < -0.39 is 15.9 Å². The third kappa shape index (κ3) is 5.97. The number of aromatic nitrogens is 1. The topological polar surface area (TPSA) is 79.0 Å². The summed E-state index contributed by atoms with van der Waals surface area (Å²) >= 11 is 6.67. The molecule has 4 rings (SSSR count). The van der Waals surface area contributed by atoms with Crippen molar-refractivity contribution >= 4 is 44.0 Å². The number of allylic oxidation sites excluding steroid dienone is 1. The van der Waals surface area contributed by atoms with Crippen LogP contribution in [-0.2, 0) is 16.4 Å². The van der Waals surface area contributed by atoms with Gasteiger partial charge in [0.2, 0.25) is 0 Å². The van der Waals surface area contributed by atoms with Crippen LogP contribution in [0.25, 0.3) is 16.5 Å². The summed E-state index contributed by atoms with van der Waals surface area (Å²) in [7, 11) is -3.99. The fourth-order valence-corrected chi connectivity index (χ4v) is 5.57. The molecule has 0 aliphatic rings. The molecule has 0 bridgehead atoms. The van der Waals surface area contributed by atoms with Gasteiger partial charge in [0.05, 0.1) is 4.90 Å². The number of hydrogen-bond donors (Lipinski definition) is 2. The van der Waals surface area contributed by atoms with Crippen LogP contribution in [0.15, 0.2) is 72.1 Å². The molecule has 0 fully saturated rings. The Morgan fingerprint density at radius 1 is 1.00 bits per heavy atom. The monoisotopic (exact) mass is 534 g/mol. The van der Waals surface area contributed by atoms with Crippen LogP contribution in [0.5, 0.6) is 0 Å². The van der Waals surface area contributed by atoms with Gasteiger partial charge in [-0.05, 0) is 85.4 Å². The minimum Gasteiger partial charge on any atom is -0.358 e. The predicted octanol–water partition coefficient (Wildman–Crippen LogP) is 7.35. The number of hydrogen-bond acceptors (Lipinski definition) is 3. The molecule has 0 aliphatic heterocycles. The van der Waals surface area contributed by atoms with E-state index in [1.807, 2.05) is 26.0 Å². The molecule has 1 amide bonds. The lowest BCUT2D eigenvalue weighted by molar-refractivity contribution is 0.0981. The van der Waals surface area contributed by atoms with Crippen molar-refractivity contribution in [3.05, 3.63) is 106 Å². The summed E-state index contributed by atoms with van der Waals surface area (Å²) in [6.45, 7) is 10.2. The average Bonchev–Trinajstić information content (AvgIpc) is 3.17. The molecule has 5 nitrogen and oxygen atoms in total. The maximum Gasteiger partial charge on any atom is 0.265 e.